The number of ether oxygens (including phenoxy) is 1. The van der Waals surface area contributed by atoms with E-state index in [1.807, 2.05) is 37.3 Å². The number of benzene rings is 2. The molecule has 2 aromatic carbocycles. The Bertz CT molecular complexity index is 613. The molecule has 2 rings (SSSR count). The van der Waals surface area contributed by atoms with E-state index in [1.54, 1.807) is 0 Å². The van der Waals surface area contributed by atoms with Crippen LogP contribution in [0.25, 0.3) is 0 Å². The highest BCUT2D eigenvalue weighted by atomic mass is 35.5. The van der Waals surface area contributed by atoms with Gasteiger partial charge in [-0.05, 0) is 30.2 Å². The molecular weight excluding hydrogens is 291 g/mol. The van der Waals surface area contributed by atoms with Gasteiger partial charge < -0.3 is 4.74 Å². The zero-order chi connectivity index (χ0) is 15.2. The van der Waals surface area contributed by atoms with Gasteiger partial charge in [0.05, 0.1) is 0 Å². The number of hydrogen-bond donors (Lipinski definition) is 0. The number of rotatable bonds is 6. The first-order chi connectivity index (χ1) is 10.1. The van der Waals surface area contributed by atoms with Crippen molar-refractivity contribution in [1.82, 2.24) is 0 Å². The van der Waals surface area contributed by atoms with Gasteiger partial charge in [-0.25, -0.2) is 4.39 Å². The lowest BCUT2D eigenvalue weighted by Crippen LogP contribution is -2.18. The van der Waals surface area contributed by atoms with E-state index < -0.39 is 11.9 Å². The van der Waals surface area contributed by atoms with Crippen molar-refractivity contribution < 1.29 is 13.9 Å². The first kappa shape index (κ1) is 15.7. The second kappa shape index (κ2) is 7.34. The number of carbonyl (C=O) groups excluding carboxylic acids is 1. The molecular formula is C17H16ClFO2. The van der Waals surface area contributed by atoms with E-state index in [9.17, 15) is 9.18 Å². The molecule has 1 unspecified atom stereocenters. The highest BCUT2D eigenvalue weighted by Gasteiger charge is 2.21. The second-order valence-electron chi connectivity index (χ2n) is 4.62. The highest BCUT2D eigenvalue weighted by Crippen LogP contribution is 2.23. The van der Waals surface area contributed by atoms with Gasteiger partial charge in [0.25, 0.3) is 0 Å². The molecule has 0 bridgehead atoms. The molecule has 2 aromatic rings. The Hall–Kier alpha value is -1.71. The molecule has 1 atom stereocenters. The molecule has 0 spiro atoms. The van der Waals surface area contributed by atoms with Crippen LogP contribution in [0.2, 0.25) is 5.02 Å². The van der Waals surface area contributed by atoms with Crippen LogP contribution >= 0.6 is 11.6 Å². The lowest BCUT2D eigenvalue weighted by atomic mass is 10.00. The third kappa shape index (κ3) is 4.13. The average molecular weight is 307 g/mol. The number of ketones is 1. The van der Waals surface area contributed by atoms with Gasteiger partial charge in [0.2, 0.25) is 0 Å². The average Bonchev–Trinajstić information content (AvgIpc) is 2.48. The monoisotopic (exact) mass is 306 g/mol. The van der Waals surface area contributed by atoms with Crippen molar-refractivity contribution in [2.24, 2.45) is 0 Å². The van der Waals surface area contributed by atoms with E-state index in [2.05, 4.69) is 0 Å². The van der Waals surface area contributed by atoms with E-state index in [1.165, 1.54) is 18.2 Å². The van der Waals surface area contributed by atoms with Crippen LogP contribution in [0.15, 0.2) is 48.5 Å². The fraction of sp³-hybridized carbons (Fsp3) is 0.235. The molecule has 0 heterocycles. The third-order valence-corrected chi connectivity index (χ3v) is 3.46. The molecule has 0 saturated carbocycles. The van der Waals surface area contributed by atoms with Crippen LogP contribution in [0, 0.1) is 5.82 Å². The number of Topliss-reactive ketones (excluding diaryl/α,β-unsaturated/α-hetero) is 1. The highest BCUT2D eigenvalue weighted by molar-refractivity contribution is 6.31. The van der Waals surface area contributed by atoms with Crippen molar-refractivity contribution >= 4 is 17.4 Å². The summed E-state index contributed by atoms with van der Waals surface area (Å²) in [5, 5.41) is 0.256. The molecule has 0 aliphatic heterocycles. The molecule has 0 fully saturated rings. The van der Waals surface area contributed by atoms with Crippen LogP contribution < -0.4 is 0 Å². The quantitative estimate of drug-likeness (QED) is 0.792. The summed E-state index contributed by atoms with van der Waals surface area (Å²) >= 11 is 5.97. The van der Waals surface area contributed by atoms with Crippen molar-refractivity contribution in [3.8, 4) is 0 Å². The van der Waals surface area contributed by atoms with Crippen LogP contribution in [-0.4, -0.2) is 12.4 Å². The summed E-state index contributed by atoms with van der Waals surface area (Å²) in [7, 11) is 0. The van der Waals surface area contributed by atoms with Crippen molar-refractivity contribution in [2.45, 2.75) is 19.4 Å². The Balaban J connectivity index is 2.19. The summed E-state index contributed by atoms with van der Waals surface area (Å²) in [5.74, 6) is -0.517. The zero-order valence-corrected chi connectivity index (χ0v) is 12.4. The van der Waals surface area contributed by atoms with Gasteiger partial charge in [0, 0.05) is 18.1 Å². The largest absolute Gasteiger partial charge is 0.366 e. The van der Waals surface area contributed by atoms with Gasteiger partial charge in [-0.15, -0.1) is 0 Å². The number of halogens is 2. The first-order valence-electron chi connectivity index (χ1n) is 6.75. The minimum Gasteiger partial charge on any atom is -0.366 e. The van der Waals surface area contributed by atoms with Gasteiger partial charge in [0.1, 0.15) is 11.9 Å². The maximum absolute atomic E-state index is 13.0. The van der Waals surface area contributed by atoms with E-state index in [0.717, 1.165) is 5.56 Å². The predicted molar refractivity (Wildman–Crippen MR) is 80.9 cm³/mol. The molecule has 21 heavy (non-hydrogen) atoms. The van der Waals surface area contributed by atoms with E-state index >= 15 is 0 Å². The Labute approximate surface area is 128 Å². The fourth-order valence-corrected chi connectivity index (χ4v) is 2.35. The van der Waals surface area contributed by atoms with Gasteiger partial charge in [-0.3, -0.25) is 4.79 Å². The SMILES string of the molecule is CCOC(C(=O)Cc1ccc(F)cc1Cl)c1ccccc1. The maximum atomic E-state index is 13.0. The summed E-state index contributed by atoms with van der Waals surface area (Å²) in [4.78, 5) is 12.5. The van der Waals surface area contributed by atoms with E-state index in [4.69, 9.17) is 16.3 Å². The van der Waals surface area contributed by atoms with Crippen molar-refractivity contribution in [1.29, 1.82) is 0 Å². The smallest absolute Gasteiger partial charge is 0.170 e. The van der Waals surface area contributed by atoms with Gasteiger partial charge in [-0.1, -0.05) is 48.0 Å². The molecule has 4 heteroatoms. The minimum absolute atomic E-state index is 0.100. The van der Waals surface area contributed by atoms with Crippen LogP contribution in [0.4, 0.5) is 4.39 Å². The predicted octanol–water partition coefficient (Wildman–Crippen LogP) is 4.37. The lowest BCUT2D eigenvalue weighted by Gasteiger charge is -2.16. The van der Waals surface area contributed by atoms with Gasteiger partial charge in [-0.2, -0.15) is 0 Å². The third-order valence-electron chi connectivity index (χ3n) is 3.11. The van der Waals surface area contributed by atoms with Crippen LogP contribution in [0.3, 0.4) is 0 Å². The Morgan fingerprint density at radius 1 is 1.24 bits per heavy atom. The van der Waals surface area contributed by atoms with Crippen LogP contribution in [0.5, 0.6) is 0 Å². The van der Waals surface area contributed by atoms with E-state index in [-0.39, 0.29) is 17.2 Å². The molecule has 0 N–H and O–H groups in total. The standard InChI is InChI=1S/C17H16ClFO2/c1-2-21-17(12-6-4-3-5-7-12)16(20)10-13-8-9-14(19)11-15(13)18/h3-9,11,17H,2,10H2,1H3. The van der Waals surface area contributed by atoms with E-state index in [0.29, 0.717) is 12.2 Å². The summed E-state index contributed by atoms with van der Waals surface area (Å²) in [5.41, 5.74) is 1.41. The molecule has 0 saturated heterocycles. The molecule has 0 aliphatic carbocycles. The zero-order valence-electron chi connectivity index (χ0n) is 11.7. The minimum atomic E-state index is -0.627. The van der Waals surface area contributed by atoms with Crippen molar-refractivity contribution in [3.05, 3.63) is 70.5 Å². The summed E-state index contributed by atoms with van der Waals surface area (Å²) in [6.45, 7) is 2.27. The van der Waals surface area contributed by atoms with Crippen LogP contribution in [-0.2, 0) is 16.0 Å². The summed E-state index contributed by atoms with van der Waals surface area (Å²) < 4.78 is 18.6. The summed E-state index contributed by atoms with van der Waals surface area (Å²) in [6.07, 6.45) is -0.518. The Morgan fingerprint density at radius 3 is 2.57 bits per heavy atom. The van der Waals surface area contributed by atoms with Gasteiger partial charge in [0.15, 0.2) is 5.78 Å². The van der Waals surface area contributed by atoms with Crippen LogP contribution in [0.1, 0.15) is 24.2 Å². The molecule has 2 nitrogen and oxygen atoms in total. The Kier molecular flexibility index (Phi) is 5.48. The molecule has 0 aliphatic rings. The topological polar surface area (TPSA) is 26.3 Å². The molecule has 0 amide bonds. The Morgan fingerprint density at radius 2 is 1.95 bits per heavy atom. The number of carbonyl (C=O) groups is 1. The fourth-order valence-electron chi connectivity index (χ4n) is 2.12. The maximum Gasteiger partial charge on any atom is 0.170 e. The molecule has 0 aromatic heterocycles. The van der Waals surface area contributed by atoms with Gasteiger partial charge >= 0.3 is 0 Å². The first-order valence-corrected chi connectivity index (χ1v) is 7.12. The molecule has 0 radical (unpaired) electrons. The van der Waals surface area contributed by atoms with Crippen molar-refractivity contribution in [3.63, 3.8) is 0 Å². The number of hydrogen-bond acceptors (Lipinski definition) is 2. The molecule has 110 valence electrons. The normalized spacial score (nSPS) is 12.1. The lowest BCUT2D eigenvalue weighted by molar-refractivity contribution is -0.130. The second-order valence-corrected chi connectivity index (χ2v) is 5.03. The summed E-state index contributed by atoms with van der Waals surface area (Å²) in [6, 6.07) is 13.3. The van der Waals surface area contributed by atoms with Crippen molar-refractivity contribution in [2.75, 3.05) is 6.61 Å².